The molecule has 10 heteroatoms. The summed E-state index contributed by atoms with van der Waals surface area (Å²) in [7, 11) is 0. The maximum atomic E-state index is 14.2. The zero-order chi connectivity index (χ0) is 21.1. The number of H-pyrrole nitrogens is 1. The molecule has 0 unspecified atom stereocenters. The van der Waals surface area contributed by atoms with Crippen molar-refractivity contribution in [2.75, 3.05) is 13.1 Å². The number of nitrogens with zero attached hydrogens (tertiary/aromatic N) is 3. The molecule has 2 amide bonds. The maximum absolute atomic E-state index is 14.2. The van der Waals surface area contributed by atoms with Crippen LogP contribution in [0.1, 0.15) is 21.7 Å². The van der Waals surface area contributed by atoms with Crippen LogP contribution in [0.2, 0.25) is 0 Å². The molecule has 30 heavy (non-hydrogen) atoms. The van der Waals surface area contributed by atoms with Gasteiger partial charge in [0.05, 0.1) is 24.4 Å². The van der Waals surface area contributed by atoms with Crippen molar-refractivity contribution in [3.8, 4) is 0 Å². The average molecular weight is 411 g/mol. The Bertz CT molecular complexity index is 1120. The fourth-order valence-electron chi connectivity index (χ4n) is 3.51. The van der Waals surface area contributed by atoms with Gasteiger partial charge in [0.2, 0.25) is 5.91 Å². The zero-order valence-electron chi connectivity index (χ0n) is 15.8. The third-order valence-corrected chi connectivity index (χ3v) is 5.05. The monoisotopic (exact) mass is 411 g/mol. The number of rotatable bonds is 6. The van der Waals surface area contributed by atoms with Gasteiger partial charge in [-0.1, -0.05) is 23.4 Å². The van der Waals surface area contributed by atoms with Crippen LogP contribution in [0, 0.1) is 11.2 Å². The molecule has 0 atom stereocenters. The number of hydrogen-bond donors (Lipinski definition) is 2. The van der Waals surface area contributed by atoms with Crippen molar-refractivity contribution >= 4 is 11.8 Å². The Labute approximate surface area is 169 Å². The third kappa shape index (κ3) is 3.84. The molecule has 0 bridgehead atoms. The summed E-state index contributed by atoms with van der Waals surface area (Å²) in [4.78, 5) is 44.7. The van der Waals surface area contributed by atoms with E-state index >= 15 is 0 Å². The van der Waals surface area contributed by atoms with Gasteiger partial charge in [-0.25, -0.2) is 4.39 Å². The Balaban J connectivity index is 1.53. The lowest BCUT2D eigenvalue weighted by atomic mass is 9.73. The van der Waals surface area contributed by atoms with Crippen molar-refractivity contribution in [2.24, 2.45) is 5.41 Å². The van der Waals surface area contributed by atoms with Gasteiger partial charge >= 0.3 is 0 Å². The van der Waals surface area contributed by atoms with Crippen LogP contribution in [0.4, 0.5) is 4.39 Å². The maximum Gasteiger partial charge on any atom is 0.272 e. The minimum absolute atomic E-state index is 0.0324. The van der Waals surface area contributed by atoms with Gasteiger partial charge in [-0.05, 0) is 18.1 Å². The second-order valence-electron chi connectivity index (χ2n) is 7.19. The van der Waals surface area contributed by atoms with Gasteiger partial charge in [0.15, 0.2) is 0 Å². The highest BCUT2D eigenvalue weighted by Crippen LogP contribution is 2.36. The molecule has 0 saturated carbocycles. The first-order valence-electron chi connectivity index (χ1n) is 9.21. The molecule has 1 aliphatic rings. The van der Waals surface area contributed by atoms with Gasteiger partial charge in [-0.15, -0.1) is 0 Å². The van der Waals surface area contributed by atoms with Crippen LogP contribution in [0.5, 0.6) is 0 Å². The summed E-state index contributed by atoms with van der Waals surface area (Å²) in [5.74, 6) is -1.19. The number of hydrogen-bond acceptors (Lipinski definition) is 6. The Morgan fingerprint density at radius 3 is 2.73 bits per heavy atom. The largest absolute Gasteiger partial charge is 0.364 e. The number of carbonyl (C=O) groups excluding carboxylic acids is 2. The zero-order valence-corrected chi connectivity index (χ0v) is 15.8. The standard InChI is InChI=1S/C20H18FN5O4/c21-15-4-2-1-3-13(15)7-20(19(29)23-8-14-5-6-30-25-14)11-26(12-20)18(28)16-9-22-10-17(27)24-16/h1-6,9-10H,7-8,11-12H2,(H,23,29)(H,24,27). The lowest BCUT2D eigenvalue weighted by Crippen LogP contribution is -2.65. The second-order valence-corrected chi connectivity index (χ2v) is 7.19. The first-order valence-corrected chi connectivity index (χ1v) is 9.21. The van der Waals surface area contributed by atoms with Crippen molar-refractivity contribution in [1.29, 1.82) is 0 Å². The number of carbonyl (C=O) groups is 2. The van der Waals surface area contributed by atoms with Crippen LogP contribution in [0.25, 0.3) is 0 Å². The second kappa shape index (κ2) is 7.90. The predicted molar refractivity (Wildman–Crippen MR) is 102 cm³/mol. The summed E-state index contributed by atoms with van der Waals surface area (Å²) in [6.07, 6.45) is 3.84. The molecule has 1 saturated heterocycles. The minimum Gasteiger partial charge on any atom is -0.364 e. The van der Waals surface area contributed by atoms with Crippen LogP contribution in [0.3, 0.4) is 0 Å². The van der Waals surface area contributed by atoms with Crippen molar-refractivity contribution in [3.05, 3.63) is 82.1 Å². The summed E-state index contributed by atoms with van der Waals surface area (Å²) in [5, 5.41) is 6.53. The van der Waals surface area contributed by atoms with E-state index in [-0.39, 0.29) is 37.7 Å². The lowest BCUT2D eigenvalue weighted by Gasteiger charge is -2.48. The van der Waals surface area contributed by atoms with E-state index in [0.29, 0.717) is 11.3 Å². The van der Waals surface area contributed by atoms with Crippen molar-refractivity contribution in [1.82, 2.24) is 25.3 Å². The lowest BCUT2D eigenvalue weighted by molar-refractivity contribution is -0.139. The summed E-state index contributed by atoms with van der Waals surface area (Å²) in [6, 6.07) is 7.84. The molecular formula is C20H18FN5O4. The number of aromatic nitrogens is 3. The molecule has 2 aromatic heterocycles. The topological polar surface area (TPSA) is 121 Å². The number of aromatic amines is 1. The quantitative estimate of drug-likeness (QED) is 0.622. The number of nitrogens with one attached hydrogen (secondary N) is 2. The fraction of sp³-hybridized carbons (Fsp3) is 0.250. The molecule has 3 heterocycles. The molecule has 4 rings (SSSR count). The number of halogens is 1. The summed E-state index contributed by atoms with van der Waals surface area (Å²) in [6.45, 7) is 0.293. The van der Waals surface area contributed by atoms with E-state index in [0.717, 1.165) is 6.20 Å². The van der Waals surface area contributed by atoms with Gasteiger partial charge in [0.25, 0.3) is 11.5 Å². The van der Waals surface area contributed by atoms with Gasteiger partial charge in [0.1, 0.15) is 23.5 Å². The molecule has 1 aliphatic heterocycles. The van der Waals surface area contributed by atoms with E-state index < -0.39 is 22.7 Å². The fourth-order valence-corrected chi connectivity index (χ4v) is 3.51. The highest BCUT2D eigenvalue weighted by molar-refractivity contribution is 5.95. The normalized spacial score (nSPS) is 14.8. The summed E-state index contributed by atoms with van der Waals surface area (Å²) in [5.41, 5.74) is -0.542. The van der Waals surface area contributed by atoms with E-state index in [1.807, 2.05) is 0 Å². The van der Waals surface area contributed by atoms with Crippen molar-refractivity contribution in [2.45, 2.75) is 13.0 Å². The highest BCUT2D eigenvalue weighted by Gasteiger charge is 2.51. The minimum atomic E-state index is -1.01. The van der Waals surface area contributed by atoms with Crippen LogP contribution < -0.4 is 10.9 Å². The molecule has 0 radical (unpaired) electrons. The molecule has 9 nitrogen and oxygen atoms in total. The number of likely N-dealkylation sites (tertiary alicyclic amines) is 1. The van der Waals surface area contributed by atoms with Crippen LogP contribution in [0.15, 0.2) is 58.3 Å². The molecule has 1 fully saturated rings. The van der Waals surface area contributed by atoms with Crippen LogP contribution in [-0.2, 0) is 17.8 Å². The summed E-state index contributed by atoms with van der Waals surface area (Å²) >= 11 is 0. The molecule has 0 aliphatic carbocycles. The van der Waals surface area contributed by atoms with Crippen molar-refractivity contribution < 1.29 is 18.5 Å². The Morgan fingerprint density at radius 1 is 1.23 bits per heavy atom. The van der Waals surface area contributed by atoms with Crippen molar-refractivity contribution in [3.63, 3.8) is 0 Å². The first-order chi connectivity index (χ1) is 14.5. The SMILES string of the molecule is O=C(c1cncc(=O)[nH]1)N1CC(Cc2ccccc2F)(C(=O)NCc2ccon2)C1. The molecule has 1 aromatic carbocycles. The Morgan fingerprint density at radius 2 is 2.03 bits per heavy atom. The van der Waals surface area contributed by atoms with Gasteiger partial charge in [-0.2, -0.15) is 0 Å². The number of benzene rings is 1. The molecular weight excluding hydrogens is 393 g/mol. The van der Waals surface area contributed by atoms with E-state index in [9.17, 15) is 18.8 Å². The highest BCUT2D eigenvalue weighted by atomic mass is 19.1. The van der Waals surface area contributed by atoms with Crippen LogP contribution >= 0.6 is 0 Å². The molecule has 3 aromatic rings. The van der Waals surface area contributed by atoms with E-state index in [1.165, 1.54) is 23.4 Å². The van der Waals surface area contributed by atoms with Gasteiger partial charge < -0.3 is 19.7 Å². The third-order valence-electron chi connectivity index (χ3n) is 5.05. The van der Waals surface area contributed by atoms with E-state index in [2.05, 4.69) is 20.4 Å². The van der Waals surface area contributed by atoms with Crippen LogP contribution in [-0.4, -0.2) is 44.9 Å². The smallest absolute Gasteiger partial charge is 0.272 e. The number of amides is 2. The average Bonchev–Trinajstić information content (AvgIpc) is 3.23. The summed E-state index contributed by atoms with van der Waals surface area (Å²) < 4.78 is 19.0. The van der Waals surface area contributed by atoms with Gasteiger partial charge in [0, 0.05) is 19.2 Å². The van der Waals surface area contributed by atoms with Gasteiger partial charge in [-0.3, -0.25) is 19.4 Å². The van der Waals surface area contributed by atoms with E-state index in [1.54, 1.807) is 24.3 Å². The predicted octanol–water partition coefficient (Wildman–Crippen LogP) is 0.898. The Hall–Kier alpha value is -3.82. The molecule has 0 spiro atoms. The molecule has 154 valence electrons. The van der Waals surface area contributed by atoms with E-state index in [4.69, 9.17) is 4.52 Å². The molecule has 2 N–H and O–H groups in total. The first kappa shape index (κ1) is 19.5. The Kier molecular flexibility index (Phi) is 5.13.